The first-order valence-electron chi connectivity index (χ1n) is 38.4. The van der Waals surface area contributed by atoms with Crippen LogP contribution in [-0.2, 0) is 95.3 Å². The highest BCUT2D eigenvalue weighted by molar-refractivity contribution is 7.92. The number of carbonyl (C=O) groups excluding carboxylic acids is 3. The highest BCUT2D eigenvalue weighted by Gasteiger charge is 2.41. The Morgan fingerprint density at radius 1 is 0.417 bits per heavy atom. The number of halogens is 11. The molecule has 23 nitrogen and oxygen atoms in total. The van der Waals surface area contributed by atoms with E-state index in [-0.39, 0.29) is 170 Å². The summed E-state index contributed by atoms with van der Waals surface area (Å²) in [4.78, 5) is 56.9. The van der Waals surface area contributed by atoms with Gasteiger partial charge in [-0.25, -0.2) is 60.4 Å². The van der Waals surface area contributed by atoms with Crippen LogP contribution < -0.4 is 37.2 Å². The average Bonchev–Trinajstić information content (AvgIpc) is 1.66. The molecule has 0 saturated carbocycles. The molecule has 0 fully saturated rings. The molecule has 0 unspecified atom stereocenters. The van der Waals surface area contributed by atoms with Crippen molar-refractivity contribution >= 4 is 132 Å². The summed E-state index contributed by atoms with van der Waals surface area (Å²) < 4.78 is 215. The Morgan fingerprint density at radius 3 is 1.10 bits per heavy atom. The predicted molar refractivity (Wildman–Crippen MR) is 465 cm³/mol. The van der Waals surface area contributed by atoms with Crippen LogP contribution in [0.1, 0.15) is 103 Å². The quantitative estimate of drug-likeness (QED) is 0.0420. The number of aromatic nitrogens is 3. The summed E-state index contributed by atoms with van der Waals surface area (Å²) in [6, 6.07) is 36.2. The number of pyridine rings is 3. The van der Waals surface area contributed by atoms with Crippen molar-refractivity contribution in [3.8, 4) is 28.7 Å². The first-order valence-corrected chi connectivity index (χ1v) is 45.0. The molecule has 0 aliphatic carbocycles. The van der Waals surface area contributed by atoms with E-state index in [9.17, 15) is 79.9 Å². The van der Waals surface area contributed by atoms with Gasteiger partial charge in [0.1, 0.15) is 87.8 Å². The van der Waals surface area contributed by atoms with Crippen LogP contribution in [0.3, 0.4) is 0 Å². The van der Waals surface area contributed by atoms with Gasteiger partial charge in [0.2, 0.25) is 30.1 Å². The van der Waals surface area contributed by atoms with Gasteiger partial charge in [0.05, 0.1) is 81.8 Å². The van der Waals surface area contributed by atoms with E-state index in [1.54, 1.807) is 68.8 Å². The predicted octanol–water partition coefficient (Wildman–Crippen LogP) is 17.2. The van der Waals surface area contributed by atoms with E-state index >= 15 is 0 Å². The molecule has 3 aliphatic heterocycles. The van der Waals surface area contributed by atoms with Gasteiger partial charge in [-0.2, -0.15) is 0 Å². The number of hydrogen-bond donors (Lipinski definition) is 2. The molecule has 13 aromatic rings. The van der Waals surface area contributed by atoms with E-state index < -0.39 is 100 Å². The number of phenolic OH excluding ortho intramolecular Hbond substituents is 1. The Morgan fingerprint density at radius 2 is 0.740 bits per heavy atom. The standard InChI is InChI=1S/C35H29ClF3N3O5S.C28H24ClF2N3O5S.C27H21ClF3N3O4S/c1-41(48(3,44)45)33-26-13-22(12-23-14-28(36)30(39)15-29(23)38)16-40-32(26)34(47-19-21-6-10-25(46-2)11-7-21)31-27(33)18-42(35(31)43)17-20-4-8-24(37)9-5-20;1-34(40(3,36)37)26-19-9-16(8-17-10-21(29)23(31)11-22(17)30)12-32-25(19)27(24-20(26)13-33-28(24)35)39-14-15-4-6-18(38-2)7-5-15;1-33(39(2,37)38)25-18-8-15(7-16-9-20(28)22(31)10-21(16)30)11-32-24(18)26(35)23-19(25)13-34(27(23)36)12-14-3-5-17(29)6-4-14/h4-11,13-16H,12,17-19H2,1-3H3;4-7,9-12H,8,13-14H2,1-3H3,(H,33,35);3-6,8-11,35H,7,12-13H2,1-2H3. The minimum absolute atomic E-state index is 0.00705. The number of amides is 3. The molecule has 3 aromatic heterocycles. The van der Waals surface area contributed by atoms with Crippen LogP contribution in [0.4, 0.5) is 52.2 Å². The van der Waals surface area contributed by atoms with Crippen LogP contribution in [0.2, 0.25) is 15.1 Å². The van der Waals surface area contributed by atoms with E-state index in [0.29, 0.717) is 79.4 Å². The zero-order chi connectivity index (χ0) is 91.3. The van der Waals surface area contributed by atoms with Crippen LogP contribution in [0, 0.1) is 46.5 Å². The zero-order valence-corrected chi connectivity index (χ0v) is 73.2. The van der Waals surface area contributed by atoms with Gasteiger partial charge in [-0.05, 0) is 141 Å². The lowest BCUT2D eigenvalue weighted by molar-refractivity contribution is 0.0756. The molecule has 0 spiro atoms. The minimum Gasteiger partial charge on any atom is -0.505 e. The Kier molecular flexibility index (Phi) is 26.0. The molecule has 0 radical (unpaired) electrons. The number of fused-ring (bicyclic) bond motifs is 6. The molecule has 0 atom stereocenters. The molecule has 16 rings (SSSR count). The number of nitrogens with zero attached hydrogens (tertiary/aromatic N) is 8. The van der Waals surface area contributed by atoms with Crippen molar-refractivity contribution in [2.75, 3.05) is 67.0 Å². The molecular weight excluding hydrogens is 1790 g/mol. The first kappa shape index (κ1) is 90.6. The molecule has 2 N–H and O–H groups in total. The van der Waals surface area contributed by atoms with Crippen LogP contribution in [-0.4, -0.2) is 127 Å². The molecule has 658 valence electrons. The fraction of sp³-hybridized carbons (Fsp3) is 0.200. The van der Waals surface area contributed by atoms with Crippen molar-refractivity contribution in [3.63, 3.8) is 0 Å². The van der Waals surface area contributed by atoms with Gasteiger partial charge in [-0.1, -0.05) is 83.3 Å². The second-order valence-corrected chi connectivity index (χ2v) is 37.4. The molecule has 0 bridgehead atoms. The monoisotopic (exact) mass is 1860 g/mol. The van der Waals surface area contributed by atoms with Gasteiger partial charge >= 0.3 is 0 Å². The second kappa shape index (κ2) is 36.4. The number of anilines is 3. The molecule has 127 heavy (non-hydrogen) atoms. The maximum Gasteiger partial charge on any atom is 0.258 e. The molecule has 0 saturated heterocycles. The van der Waals surface area contributed by atoms with E-state index in [0.717, 1.165) is 48.9 Å². The number of hydrogen-bond acceptors (Lipinski definition) is 17. The van der Waals surface area contributed by atoms with Gasteiger partial charge in [0.15, 0.2) is 17.2 Å². The van der Waals surface area contributed by atoms with Crippen LogP contribution in [0.25, 0.3) is 32.7 Å². The maximum absolute atomic E-state index is 14.7. The van der Waals surface area contributed by atoms with Gasteiger partial charge in [-0.15, -0.1) is 0 Å². The number of aromatic hydroxyl groups is 1. The average molecular weight is 1860 g/mol. The number of nitrogens with one attached hydrogen (secondary N) is 1. The lowest BCUT2D eigenvalue weighted by Gasteiger charge is -2.24. The third-order valence-electron chi connectivity index (χ3n) is 21.6. The number of benzene rings is 10. The maximum atomic E-state index is 14.7. The largest absolute Gasteiger partial charge is 0.505 e. The highest BCUT2D eigenvalue weighted by Crippen LogP contribution is 2.49. The second-order valence-electron chi connectivity index (χ2n) is 30.2. The van der Waals surface area contributed by atoms with Gasteiger partial charge in [-0.3, -0.25) is 42.3 Å². The van der Waals surface area contributed by atoms with Gasteiger partial charge in [0.25, 0.3) is 17.7 Å². The summed E-state index contributed by atoms with van der Waals surface area (Å²) in [5.74, 6) is -6.02. The van der Waals surface area contributed by atoms with Crippen molar-refractivity contribution in [3.05, 3.63) is 321 Å². The third-order valence-corrected chi connectivity index (χ3v) is 26.0. The van der Waals surface area contributed by atoms with E-state index in [1.165, 1.54) is 98.1 Å². The lowest BCUT2D eigenvalue weighted by atomic mass is 9.98. The Labute approximate surface area is 738 Å². The number of phenols is 1. The Bertz CT molecular complexity index is 7010. The fourth-order valence-corrected chi connectivity index (χ4v) is 17.2. The minimum atomic E-state index is -3.87. The Balaban J connectivity index is 0.000000155. The summed E-state index contributed by atoms with van der Waals surface area (Å²) in [5.41, 5.74) is 7.07. The molecule has 3 aliphatic rings. The Hall–Kier alpha value is -12.6. The van der Waals surface area contributed by atoms with Crippen LogP contribution in [0.5, 0.6) is 28.7 Å². The normalized spacial score (nSPS) is 13.0. The lowest BCUT2D eigenvalue weighted by Crippen LogP contribution is -2.27. The number of rotatable bonds is 24. The third kappa shape index (κ3) is 19.1. The van der Waals surface area contributed by atoms with Crippen LogP contribution >= 0.6 is 34.8 Å². The van der Waals surface area contributed by atoms with Crippen LogP contribution in [0.15, 0.2) is 170 Å². The van der Waals surface area contributed by atoms with Gasteiger partial charge in [0, 0.05) is 143 Å². The molecule has 6 heterocycles. The number of methoxy groups -OCH3 is 2. The highest BCUT2D eigenvalue weighted by atomic mass is 35.5. The van der Waals surface area contributed by atoms with Gasteiger partial charge < -0.3 is 39.2 Å². The fourth-order valence-electron chi connectivity index (χ4n) is 15.0. The van der Waals surface area contributed by atoms with Crippen molar-refractivity contribution in [1.29, 1.82) is 0 Å². The van der Waals surface area contributed by atoms with Crippen molar-refractivity contribution in [2.45, 2.75) is 65.2 Å². The molecule has 3 amide bonds. The van der Waals surface area contributed by atoms with E-state index in [1.807, 2.05) is 24.3 Å². The molecule has 10 aromatic carbocycles. The SMILES string of the molecule is CN(c1c2c(c(O)c3ncc(Cc4cc(Cl)c(F)cc4F)cc13)C(=O)N(Cc1ccc(F)cc1)C2)S(C)(=O)=O.COc1ccc(COc2c3c(c(N(C)S(C)(=O)=O)c4cc(Cc5cc(Cl)c(F)cc5F)cnc24)CN(Cc2ccc(F)cc2)C3=O)cc1.COc1ccc(COc2c3c(c(N(C)S(C)(=O)=O)c4cc(Cc5cc(Cl)c(F)cc5F)cnc24)CNC3=O)cc1. The molecular formula is C90H74Cl3F8N9O14S3. The summed E-state index contributed by atoms with van der Waals surface area (Å²) >= 11 is 17.6. The summed E-state index contributed by atoms with van der Waals surface area (Å²) in [5, 5.41) is 14.1. The summed E-state index contributed by atoms with van der Waals surface area (Å²) in [6.45, 7) is 0.412. The number of sulfonamides is 3. The van der Waals surface area contributed by atoms with Crippen molar-refractivity contribution in [2.24, 2.45) is 0 Å². The topological polar surface area (TPSA) is 278 Å². The van der Waals surface area contributed by atoms with Crippen molar-refractivity contribution < 1.29 is 98.8 Å². The smallest absolute Gasteiger partial charge is 0.258 e. The van der Waals surface area contributed by atoms with Crippen molar-refractivity contribution in [1.82, 2.24) is 30.1 Å². The zero-order valence-electron chi connectivity index (χ0n) is 68.5. The number of carbonyl (C=O) groups is 3. The first-order chi connectivity index (χ1) is 60.2. The molecule has 37 heteroatoms. The number of ether oxygens (including phenoxy) is 4. The summed E-state index contributed by atoms with van der Waals surface area (Å²) in [7, 11) is -4.26. The van der Waals surface area contributed by atoms with E-state index in [4.69, 9.17) is 53.8 Å². The summed E-state index contributed by atoms with van der Waals surface area (Å²) in [6.07, 6.45) is 7.30. The van der Waals surface area contributed by atoms with E-state index in [2.05, 4.69) is 20.3 Å².